The number of benzene rings is 2. The Morgan fingerprint density at radius 1 is 0.760 bits per heavy atom. The number of carbonyl (C=O) groups excluding carboxylic acids is 2. The monoisotopic (exact) mass is 376 g/mol. The van der Waals surface area contributed by atoms with Gasteiger partial charge in [-0.2, -0.15) is 10.2 Å². The lowest BCUT2D eigenvalue weighted by atomic mass is 10.2. The van der Waals surface area contributed by atoms with E-state index in [0.29, 0.717) is 10.0 Å². The maximum Gasteiger partial charge on any atom is 0.249 e. The van der Waals surface area contributed by atoms with E-state index in [1.807, 2.05) is 0 Å². The molecule has 0 unspecified atom stereocenters. The van der Waals surface area contributed by atoms with Crippen LogP contribution in [0.2, 0.25) is 10.0 Å². The van der Waals surface area contributed by atoms with Gasteiger partial charge in [0.15, 0.2) is 0 Å². The van der Waals surface area contributed by atoms with Gasteiger partial charge in [0.1, 0.15) is 6.42 Å². The molecular weight excluding hydrogens is 363 g/mol. The molecule has 0 aliphatic carbocycles. The van der Waals surface area contributed by atoms with Gasteiger partial charge >= 0.3 is 0 Å². The SMILES string of the molecule is O=C(CC(=O)NN=Cc1ccc(Cl)cc1)NN=Cc1ccc(Cl)cc1. The van der Waals surface area contributed by atoms with E-state index >= 15 is 0 Å². The molecule has 2 aromatic carbocycles. The van der Waals surface area contributed by atoms with Gasteiger partial charge in [-0.15, -0.1) is 0 Å². The first-order chi connectivity index (χ1) is 12.0. The maximum absolute atomic E-state index is 11.6. The molecule has 0 radical (unpaired) electrons. The van der Waals surface area contributed by atoms with Gasteiger partial charge in [0.25, 0.3) is 0 Å². The van der Waals surface area contributed by atoms with Crippen molar-refractivity contribution in [1.29, 1.82) is 0 Å². The largest absolute Gasteiger partial charge is 0.273 e. The van der Waals surface area contributed by atoms with E-state index in [1.54, 1.807) is 48.5 Å². The van der Waals surface area contributed by atoms with Gasteiger partial charge in [-0.3, -0.25) is 9.59 Å². The van der Waals surface area contributed by atoms with Gasteiger partial charge in [0.2, 0.25) is 11.8 Å². The van der Waals surface area contributed by atoms with Crippen LogP contribution in [0, 0.1) is 0 Å². The van der Waals surface area contributed by atoms with Crippen molar-refractivity contribution in [3.8, 4) is 0 Å². The third-order valence-electron chi connectivity index (χ3n) is 2.87. The highest BCUT2D eigenvalue weighted by Crippen LogP contribution is 2.08. The van der Waals surface area contributed by atoms with E-state index in [9.17, 15) is 9.59 Å². The van der Waals surface area contributed by atoms with Crippen molar-refractivity contribution in [1.82, 2.24) is 10.9 Å². The number of carbonyl (C=O) groups is 2. The summed E-state index contributed by atoms with van der Waals surface area (Å²) in [5, 5.41) is 8.74. The molecule has 128 valence electrons. The smallest absolute Gasteiger partial charge is 0.249 e. The number of hydrazone groups is 2. The van der Waals surface area contributed by atoms with Crippen LogP contribution in [0.1, 0.15) is 17.5 Å². The molecule has 2 aromatic rings. The Morgan fingerprint density at radius 3 is 1.48 bits per heavy atom. The van der Waals surface area contributed by atoms with Crippen LogP contribution >= 0.6 is 23.2 Å². The fraction of sp³-hybridized carbons (Fsp3) is 0.0588. The van der Waals surface area contributed by atoms with E-state index in [-0.39, 0.29) is 0 Å². The molecule has 0 saturated heterocycles. The zero-order valence-electron chi connectivity index (χ0n) is 12.9. The normalized spacial score (nSPS) is 11.0. The van der Waals surface area contributed by atoms with E-state index in [4.69, 9.17) is 23.2 Å². The van der Waals surface area contributed by atoms with Crippen molar-refractivity contribution in [3.05, 3.63) is 69.7 Å². The summed E-state index contributed by atoms with van der Waals surface area (Å²) in [6.45, 7) is 0. The predicted octanol–water partition coefficient (Wildman–Crippen LogP) is 2.98. The molecule has 0 aliphatic rings. The molecule has 0 fully saturated rings. The second-order valence-corrected chi connectivity index (χ2v) is 5.74. The number of halogens is 2. The van der Waals surface area contributed by atoms with E-state index in [0.717, 1.165) is 11.1 Å². The van der Waals surface area contributed by atoms with Crippen LogP contribution in [-0.2, 0) is 9.59 Å². The van der Waals surface area contributed by atoms with Crippen LogP contribution in [0.4, 0.5) is 0 Å². The Bertz CT molecular complexity index is 720. The molecule has 2 N–H and O–H groups in total. The molecule has 2 amide bonds. The van der Waals surface area contributed by atoms with Crippen LogP contribution in [0.15, 0.2) is 58.7 Å². The molecule has 8 heteroatoms. The van der Waals surface area contributed by atoms with Crippen molar-refractivity contribution < 1.29 is 9.59 Å². The lowest BCUT2D eigenvalue weighted by Crippen LogP contribution is -2.27. The predicted molar refractivity (Wildman–Crippen MR) is 99.0 cm³/mol. The average molecular weight is 377 g/mol. The van der Waals surface area contributed by atoms with E-state index < -0.39 is 18.2 Å². The number of rotatable bonds is 6. The minimum atomic E-state index is -0.551. The Kier molecular flexibility index (Phi) is 7.13. The van der Waals surface area contributed by atoms with Gasteiger partial charge in [0, 0.05) is 10.0 Å². The van der Waals surface area contributed by atoms with Crippen molar-refractivity contribution in [3.63, 3.8) is 0 Å². The highest BCUT2D eigenvalue weighted by Gasteiger charge is 2.07. The summed E-state index contributed by atoms with van der Waals surface area (Å²) in [6, 6.07) is 13.8. The van der Waals surface area contributed by atoms with E-state index in [1.165, 1.54) is 12.4 Å². The number of hydrogen-bond acceptors (Lipinski definition) is 4. The van der Waals surface area contributed by atoms with Crippen molar-refractivity contribution >= 4 is 47.4 Å². The molecule has 25 heavy (non-hydrogen) atoms. The average Bonchev–Trinajstić information content (AvgIpc) is 2.58. The fourth-order valence-electron chi connectivity index (χ4n) is 1.68. The lowest BCUT2D eigenvalue weighted by Gasteiger charge is -1.99. The molecule has 2 rings (SSSR count). The molecule has 0 spiro atoms. The third kappa shape index (κ3) is 7.15. The molecule has 6 nitrogen and oxygen atoms in total. The Morgan fingerprint density at radius 2 is 1.12 bits per heavy atom. The van der Waals surface area contributed by atoms with Gasteiger partial charge in [-0.05, 0) is 35.4 Å². The first-order valence-corrected chi connectivity index (χ1v) is 7.93. The topological polar surface area (TPSA) is 82.9 Å². The van der Waals surface area contributed by atoms with Crippen LogP contribution in [-0.4, -0.2) is 24.2 Å². The summed E-state index contributed by atoms with van der Waals surface area (Å²) in [6.07, 6.45) is 2.51. The highest BCUT2D eigenvalue weighted by atomic mass is 35.5. The highest BCUT2D eigenvalue weighted by molar-refractivity contribution is 6.30. The minimum Gasteiger partial charge on any atom is -0.273 e. The molecule has 0 heterocycles. The second kappa shape index (κ2) is 9.56. The van der Waals surface area contributed by atoms with Crippen molar-refractivity contribution in [2.45, 2.75) is 6.42 Å². The molecular formula is C17H14Cl2N4O2. The van der Waals surface area contributed by atoms with Crippen molar-refractivity contribution in [2.75, 3.05) is 0 Å². The van der Waals surface area contributed by atoms with Gasteiger partial charge in [-0.25, -0.2) is 10.9 Å². The Balaban J connectivity index is 1.73. The van der Waals surface area contributed by atoms with Crippen LogP contribution in [0.5, 0.6) is 0 Å². The standard InChI is InChI=1S/C17H14Cl2N4O2/c18-14-5-1-12(2-6-14)10-20-22-16(24)9-17(25)23-21-11-13-3-7-15(19)8-4-13/h1-8,10-11H,9H2,(H,22,24)(H,23,25). The molecule has 0 saturated carbocycles. The summed E-state index contributed by atoms with van der Waals surface area (Å²) in [5.74, 6) is -1.10. The van der Waals surface area contributed by atoms with Crippen LogP contribution in [0.25, 0.3) is 0 Å². The molecule has 0 aliphatic heterocycles. The summed E-state index contributed by atoms with van der Waals surface area (Å²) in [7, 11) is 0. The van der Waals surface area contributed by atoms with Crippen molar-refractivity contribution in [2.24, 2.45) is 10.2 Å². The van der Waals surface area contributed by atoms with Gasteiger partial charge in [-0.1, -0.05) is 47.5 Å². The molecule has 0 aromatic heterocycles. The quantitative estimate of drug-likeness (QED) is 0.461. The number of amides is 2. The van der Waals surface area contributed by atoms with E-state index in [2.05, 4.69) is 21.1 Å². The maximum atomic E-state index is 11.6. The second-order valence-electron chi connectivity index (χ2n) is 4.87. The third-order valence-corrected chi connectivity index (χ3v) is 3.37. The Hall–Kier alpha value is -2.70. The zero-order chi connectivity index (χ0) is 18.1. The van der Waals surface area contributed by atoms with Gasteiger partial charge < -0.3 is 0 Å². The number of hydrogen-bond donors (Lipinski definition) is 2. The number of nitrogens with zero attached hydrogens (tertiary/aromatic N) is 2. The Labute approximate surface area is 154 Å². The van der Waals surface area contributed by atoms with Crippen LogP contribution < -0.4 is 10.9 Å². The lowest BCUT2D eigenvalue weighted by molar-refractivity contribution is -0.129. The summed E-state index contributed by atoms with van der Waals surface area (Å²) < 4.78 is 0. The first kappa shape index (κ1) is 18.6. The first-order valence-electron chi connectivity index (χ1n) is 7.18. The summed E-state index contributed by atoms with van der Waals surface area (Å²) >= 11 is 11.5. The molecule has 0 atom stereocenters. The molecule has 0 bridgehead atoms. The number of nitrogens with one attached hydrogen (secondary N) is 2. The minimum absolute atomic E-state index is 0.393. The summed E-state index contributed by atoms with van der Waals surface area (Å²) in [4.78, 5) is 23.2. The fourth-order valence-corrected chi connectivity index (χ4v) is 1.93. The zero-order valence-corrected chi connectivity index (χ0v) is 14.5. The van der Waals surface area contributed by atoms with Gasteiger partial charge in [0.05, 0.1) is 12.4 Å². The van der Waals surface area contributed by atoms with Crippen LogP contribution in [0.3, 0.4) is 0 Å². The summed E-state index contributed by atoms with van der Waals surface area (Å²) in [5.41, 5.74) is 6.05.